The third-order valence-corrected chi connectivity index (χ3v) is 3.82. The van der Waals surface area contributed by atoms with Crippen molar-refractivity contribution in [1.82, 2.24) is 0 Å². The molecule has 0 unspecified atom stereocenters. The minimum Gasteiger partial charge on any atom is -0.780 e. The topological polar surface area (TPSA) is 89.5 Å². The number of hydrogen-bond donors (Lipinski definition) is 0. The largest absolute Gasteiger partial charge is 1.00 e. The first-order chi connectivity index (χ1) is 10.2. The predicted octanol–water partition coefficient (Wildman–Crippen LogP) is -3.73. The first-order valence-corrected chi connectivity index (χ1v) is 8.09. The number of phosphoric ester groups is 1. The van der Waals surface area contributed by atoms with Crippen LogP contribution in [-0.4, -0.2) is 5.97 Å². The molecule has 0 saturated heterocycles. The fourth-order valence-corrected chi connectivity index (χ4v) is 2.99. The molecule has 24 heavy (non-hydrogen) atoms. The van der Waals surface area contributed by atoms with Gasteiger partial charge < -0.3 is 18.9 Å². The number of carbonyl (C=O) groups is 1. The van der Waals surface area contributed by atoms with E-state index in [1.165, 1.54) is 0 Å². The molecule has 0 N–H and O–H groups in total. The van der Waals surface area contributed by atoms with Crippen molar-refractivity contribution < 1.29 is 61.4 Å². The maximum atomic E-state index is 12.0. The van der Waals surface area contributed by atoms with Crippen molar-refractivity contribution in [1.29, 1.82) is 0 Å². The van der Waals surface area contributed by atoms with Gasteiger partial charge in [-0.3, -0.25) is 0 Å². The van der Waals surface area contributed by atoms with E-state index in [0.717, 1.165) is 16.7 Å². The van der Waals surface area contributed by atoms with Crippen LogP contribution in [-0.2, 0) is 9.09 Å². The Morgan fingerprint density at radius 2 is 1.54 bits per heavy atom. The number of benzene rings is 2. The van der Waals surface area contributed by atoms with Crippen molar-refractivity contribution in [2.75, 3.05) is 0 Å². The summed E-state index contributed by atoms with van der Waals surface area (Å²) in [5.41, 5.74) is 3.93. The van der Waals surface area contributed by atoms with E-state index in [0.29, 0.717) is 11.1 Å². The van der Waals surface area contributed by atoms with E-state index in [2.05, 4.69) is 4.52 Å². The van der Waals surface area contributed by atoms with Crippen molar-refractivity contribution in [3.05, 3.63) is 58.7 Å². The van der Waals surface area contributed by atoms with Gasteiger partial charge in [0.15, 0.2) is 0 Å². The number of aryl methyl sites for hydroxylation is 2. The fraction of sp³-hybridized carbons (Fsp3) is 0.188. The average Bonchev–Trinajstić information content (AvgIpc) is 2.36. The van der Waals surface area contributed by atoms with Gasteiger partial charge in [-0.2, -0.15) is 0 Å². The van der Waals surface area contributed by atoms with E-state index in [4.69, 9.17) is 0 Å². The van der Waals surface area contributed by atoms with E-state index in [1.807, 2.05) is 37.3 Å². The zero-order valence-corrected chi connectivity index (χ0v) is 15.3. The summed E-state index contributed by atoms with van der Waals surface area (Å²) in [6.07, 6.45) is 0. The molecule has 8 heteroatoms. The third kappa shape index (κ3) is 5.38. The molecule has 2 rings (SSSR count). The molecule has 0 heterocycles. The molecular formula is C16H15Li2O5P. The van der Waals surface area contributed by atoms with Gasteiger partial charge in [0.1, 0.15) is 7.82 Å². The normalized spacial score (nSPS) is 10.4. The van der Waals surface area contributed by atoms with E-state index < -0.39 is 13.8 Å². The van der Waals surface area contributed by atoms with E-state index in [9.17, 15) is 19.1 Å². The summed E-state index contributed by atoms with van der Waals surface area (Å²) in [6, 6.07) is 11.2. The Morgan fingerprint density at radius 3 is 2.04 bits per heavy atom. The molecule has 2 aromatic rings. The number of phosphoric acid groups is 1. The van der Waals surface area contributed by atoms with E-state index in [1.54, 1.807) is 19.9 Å². The minimum atomic E-state index is -5.38. The molecule has 0 bridgehead atoms. The van der Waals surface area contributed by atoms with Gasteiger partial charge in [0.2, 0.25) is 0 Å². The van der Waals surface area contributed by atoms with Gasteiger partial charge in [0.25, 0.3) is 0 Å². The summed E-state index contributed by atoms with van der Waals surface area (Å²) >= 11 is 0. The van der Waals surface area contributed by atoms with Gasteiger partial charge in [0, 0.05) is 0 Å². The maximum Gasteiger partial charge on any atom is 1.00 e. The first kappa shape index (κ1) is 23.3. The van der Waals surface area contributed by atoms with Gasteiger partial charge in [-0.25, -0.2) is 4.79 Å². The molecule has 0 aliphatic heterocycles. The molecule has 0 aliphatic rings. The van der Waals surface area contributed by atoms with Gasteiger partial charge in [-0.1, -0.05) is 36.4 Å². The maximum absolute atomic E-state index is 12.0. The van der Waals surface area contributed by atoms with Crippen LogP contribution >= 0.6 is 7.82 Å². The van der Waals surface area contributed by atoms with Crippen LogP contribution in [0.25, 0.3) is 11.1 Å². The first-order valence-electron chi connectivity index (χ1n) is 6.63. The molecular weight excluding hydrogens is 317 g/mol. The summed E-state index contributed by atoms with van der Waals surface area (Å²) in [5.74, 6) is -1.14. The molecule has 0 aliphatic carbocycles. The molecule has 116 valence electrons. The molecule has 5 nitrogen and oxygen atoms in total. The molecule has 0 atom stereocenters. The van der Waals surface area contributed by atoms with Crippen LogP contribution in [0.1, 0.15) is 27.0 Å². The van der Waals surface area contributed by atoms with Gasteiger partial charge in [-0.15, -0.1) is 0 Å². The van der Waals surface area contributed by atoms with Crippen LogP contribution in [0.5, 0.6) is 0 Å². The second-order valence-corrected chi connectivity index (χ2v) is 6.15. The smallest absolute Gasteiger partial charge is 0.780 e. The van der Waals surface area contributed by atoms with Crippen molar-refractivity contribution in [3.63, 3.8) is 0 Å². The predicted molar refractivity (Wildman–Crippen MR) is 79.1 cm³/mol. The minimum absolute atomic E-state index is 0. The van der Waals surface area contributed by atoms with Crippen molar-refractivity contribution in [3.8, 4) is 11.1 Å². The molecule has 0 fully saturated rings. The second kappa shape index (κ2) is 9.09. The standard InChI is InChI=1S/C16H17O5P.2Li/c1-10-9-11(2)15(16(17)21-22(18,19)20)12(3)14(10)13-7-5-4-6-8-13;;/h4-9H,1-3H3,(H2,18,19,20);;/q;2*+1/p-2. The van der Waals surface area contributed by atoms with Crippen LogP contribution in [0.15, 0.2) is 36.4 Å². The molecule has 0 amide bonds. The monoisotopic (exact) mass is 332 g/mol. The molecule has 2 aromatic carbocycles. The van der Waals surface area contributed by atoms with Crippen LogP contribution in [0.4, 0.5) is 0 Å². The van der Waals surface area contributed by atoms with Crippen molar-refractivity contribution >= 4 is 13.8 Å². The van der Waals surface area contributed by atoms with E-state index >= 15 is 0 Å². The molecule has 0 spiro atoms. The Hall–Kier alpha value is -0.745. The Bertz CT molecular complexity index is 772. The third-order valence-electron chi connectivity index (χ3n) is 3.43. The second-order valence-electron chi connectivity index (χ2n) is 5.08. The van der Waals surface area contributed by atoms with Crippen LogP contribution in [0.2, 0.25) is 0 Å². The number of carbonyl (C=O) groups excluding carboxylic acids is 1. The Labute approximate surface area is 165 Å². The quantitative estimate of drug-likeness (QED) is 0.426. The Kier molecular flexibility index (Phi) is 8.81. The summed E-state index contributed by atoms with van der Waals surface area (Å²) in [5, 5.41) is 0. The van der Waals surface area contributed by atoms with Gasteiger partial charge >= 0.3 is 43.7 Å². The zero-order chi connectivity index (χ0) is 16.5. The average molecular weight is 332 g/mol. The summed E-state index contributed by atoms with van der Waals surface area (Å²) in [6.45, 7) is 5.29. The summed E-state index contributed by atoms with van der Waals surface area (Å²) < 4.78 is 14.7. The van der Waals surface area contributed by atoms with Crippen molar-refractivity contribution in [2.45, 2.75) is 20.8 Å². The molecule has 0 saturated carbocycles. The van der Waals surface area contributed by atoms with Crippen molar-refractivity contribution in [2.24, 2.45) is 0 Å². The van der Waals surface area contributed by atoms with E-state index in [-0.39, 0.29) is 43.3 Å². The number of rotatable bonds is 3. The fourth-order valence-electron chi connectivity index (χ4n) is 2.70. The summed E-state index contributed by atoms with van der Waals surface area (Å²) in [4.78, 5) is 33.4. The molecule has 0 radical (unpaired) electrons. The van der Waals surface area contributed by atoms with Crippen LogP contribution < -0.4 is 47.5 Å². The molecule has 0 aromatic heterocycles. The zero-order valence-electron chi connectivity index (χ0n) is 14.5. The van der Waals surface area contributed by atoms with Gasteiger partial charge in [-0.05, 0) is 48.6 Å². The van der Waals surface area contributed by atoms with Gasteiger partial charge in [0.05, 0.1) is 5.56 Å². The SMILES string of the molecule is Cc1cc(C)c(-c2ccccc2)c(C)c1C(=O)OP(=O)([O-])[O-].[Li+].[Li+]. The summed E-state index contributed by atoms with van der Waals surface area (Å²) in [7, 11) is -5.38. The number of hydrogen-bond acceptors (Lipinski definition) is 5. The van der Waals surface area contributed by atoms with Crippen LogP contribution in [0, 0.1) is 20.8 Å². The van der Waals surface area contributed by atoms with Crippen LogP contribution in [0.3, 0.4) is 0 Å². The Balaban J connectivity index is 0.00000264. The Morgan fingerprint density at radius 1 is 1.00 bits per heavy atom.